The van der Waals surface area contributed by atoms with Crippen molar-refractivity contribution >= 4 is 5.97 Å². The number of rotatable bonds is 5. The fourth-order valence-electron chi connectivity index (χ4n) is 0.668. The van der Waals surface area contributed by atoms with Gasteiger partial charge in [-0.2, -0.15) is 0 Å². The van der Waals surface area contributed by atoms with Gasteiger partial charge in [0.1, 0.15) is 18.3 Å². The fraction of sp³-hybridized carbons (Fsp3) is 0.833. The lowest BCUT2D eigenvalue weighted by atomic mass is 10.0. The van der Waals surface area contributed by atoms with Crippen LogP contribution in [0.1, 0.15) is 0 Å². The first kappa shape index (κ1) is 15.7. The molecule has 0 aliphatic rings. The molecule has 0 radical (unpaired) electrons. The number of hydrogen-bond donors (Lipinski definition) is 6. The van der Waals surface area contributed by atoms with E-state index < -0.39 is 37.0 Å². The highest BCUT2D eigenvalue weighted by Crippen LogP contribution is 2.04. The van der Waals surface area contributed by atoms with E-state index in [2.05, 4.69) is 0 Å². The van der Waals surface area contributed by atoms with Crippen LogP contribution in [0.15, 0.2) is 0 Å². The van der Waals surface area contributed by atoms with Crippen LogP contribution in [-0.4, -0.2) is 73.1 Å². The first-order chi connectivity index (χ1) is 5.91. The zero-order valence-corrected chi connectivity index (χ0v) is 7.11. The van der Waals surface area contributed by atoms with Crippen molar-refractivity contribution in [1.29, 1.82) is 0 Å². The van der Waals surface area contributed by atoms with Gasteiger partial charge in [0.2, 0.25) is 0 Å². The van der Waals surface area contributed by atoms with E-state index in [1.54, 1.807) is 0 Å². The van der Waals surface area contributed by atoms with Crippen molar-refractivity contribution < 1.29 is 40.9 Å². The zero-order valence-electron chi connectivity index (χ0n) is 7.11. The molecule has 0 amide bonds. The predicted octanol–water partition coefficient (Wildman–Crippen LogP) is -4.32. The van der Waals surface area contributed by atoms with Crippen molar-refractivity contribution in [1.82, 2.24) is 0 Å². The molecule has 14 heavy (non-hydrogen) atoms. The molecule has 0 aromatic rings. The van der Waals surface area contributed by atoms with E-state index in [9.17, 15) is 4.79 Å². The number of carboxylic acids is 1. The Kier molecular flexibility index (Phi) is 7.45. The second-order valence-corrected chi connectivity index (χ2v) is 2.51. The number of aliphatic hydroxyl groups excluding tert-OH is 5. The third-order valence-electron chi connectivity index (χ3n) is 1.51. The molecule has 0 aromatic heterocycles. The topological polar surface area (TPSA) is 170 Å². The molecule has 0 spiro atoms. The van der Waals surface area contributed by atoms with E-state index in [-0.39, 0.29) is 5.48 Å². The largest absolute Gasteiger partial charge is 0.479 e. The van der Waals surface area contributed by atoms with Gasteiger partial charge >= 0.3 is 5.97 Å². The molecule has 0 fully saturated rings. The Morgan fingerprint density at radius 2 is 1.50 bits per heavy atom. The van der Waals surface area contributed by atoms with Crippen LogP contribution in [0.3, 0.4) is 0 Å². The van der Waals surface area contributed by atoms with Gasteiger partial charge in [-0.25, -0.2) is 4.79 Å². The first-order valence-corrected chi connectivity index (χ1v) is 3.47. The molecule has 0 saturated heterocycles. The maximum atomic E-state index is 10.1. The number of hydrogen-bond acceptors (Lipinski definition) is 6. The van der Waals surface area contributed by atoms with Crippen molar-refractivity contribution in [3.8, 4) is 0 Å². The summed E-state index contributed by atoms with van der Waals surface area (Å²) >= 11 is 0. The van der Waals surface area contributed by atoms with Crippen molar-refractivity contribution in [3.05, 3.63) is 0 Å². The molecule has 8 heteroatoms. The van der Waals surface area contributed by atoms with Crippen molar-refractivity contribution in [2.75, 3.05) is 6.61 Å². The number of carbonyl (C=O) groups is 1. The number of aliphatic hydroxyl groups is 5. The van der Waals surface area contributed by atoms with Gasteiger partial charge in [-0.05, 0) is 0 Å². The first-order valence-electron chi connectivity index (χ1n) is 3.47. The summed E-state index contributed by atoms with van der Waals surface area (Å²) in [4.78, 5) is 10.1. The maximum Gasteiger partial charge on any atom is 0.335 e. The van der Waals surface area contributed by atoms with Crippen LogP contribution in [0, 0.1) is 0 Å². The quantitative estimate of drug-likeness (QED) is 0.268. The van der Waals surface area contributed by atoms with Crippen LogP contribution in [0.2, 0.25) is 0 Å². The van der Waals surface area contributed by atoms with Gasteiger partial charge in [-0.3, -0.25) is 0 Å². The highest BCUT2D eigenvalue weighted by atomic mass is 16.4. The Labute approximate surface area is 79.0 Å². The predicted molar refractivity (Wildman–Crippen MR) is 42.4 cm³/mol. The highest BCUT2D eigenvalue weighted by Gasteiger charge is 2.33. The lowest BCUT2D eigenvalue weighted by Crippen LogP contribution is -2.48. The second kappa shape index (κ2) is 6.65. The molecule has 0 aliphatic carbocycles. The summed E-state index contributed by atoms with van der Waals surface area (Å²) < 4.78 is 0. The Morgan fingerprint density at radius 3 is 1.79 bits per heavy atom. The number of aliphatic carboxylic acids is 1. The summed E-state index contributed by atoms with van der Waals surface area (Å²) in [6.07, 6.45) is -7.84. The van der Waals surface area contributed by atoms with E-state index in [4.69, 9.17) is 30.6 Å². The van der Waals surface area contributed by atoms with Gasteiger partial charge < -0.3 is 36.1 Å². The Hall–Kier alpha value is -0.770. The summed E-state index contributed by atoms with van der Waals surface area (Å²) in [5.41, 5.74) is 0. The molecular weight excluding hydrogens is 200 g/mol. The Balaban J connectivity index is 0. The molecule has 8 nitrogen and oxygen atoms in total. The minimum atomic E-state index is -2.20. The monoisotopic (exact) mass is 214 g/mol. The lowest BCUT2D eigenvalue weighted by Gasteiger charge is -2.23. The molecule has 4 atom stereocenters. The Bertz CT molecular complexity index is 171. The molecular formula is C6H14O8. The van der Waals surface area contributed by atoms with Crippen LogP contribution in [0.4, 0.5) is 0 Å². The molecule has 86 valence electrons. The van der Waals surface area contributed by atoms with Crippen LogP contribution in [-0.2, 0) is 4.79 Å². The third kappa shape index (κ3) is 3.96. The highest BCUT2D eigenvalue weighted by molar-refractivity contribution is 5.72. The van der Waals surface area contributed by atoms with Crippen LogP contribution >= 0.6 is 0 Å². The zero-order chi connectivity index (χ0) is 10.6. The molecule has 0 saturated carbocycles. The van der Waals surface area contributed by atoms with Crippen LogP contribution in [0.5, 0.6) is 0 Å². The summed E-state index contributed by atoms with van der Waals surface area (Å²) in [6.45, 7) is -0.843. The molecule has 0 aliphatic heterocycles. The second-order valence-electron chi connectivity index (χ2n) is 2.51. The van der Waals surface area contributed by atoms with E-state index >= 15 is 0 Å². The van der Waals surface area contributed by atoms with E-state index in [1.165, 1.54) is 0 Å². The molecule has 0 aromatic carbocycles. The SMILES string of the molecule is O.O=C(O)[C@H](O)[C@H](O)[C@@H](O)[C@H](O)CO. The van der Waals surface area contributed by atoms with E-state index in [0.29, 0.717) is 0 Å². The van der Waals surface area contributed by atoms with Gasteiger partial charge in [-0.15, -0.1) is 0 Å². The van der Waals surface area contributed by atoms with Crippen molar-refractivity contribution in [2.45, 2.75) is 24.4 Å². The van der Waals surface area contributed by atoms with Crippen LogP contribution in [0.25, 0.3) is 0 Å². The normalized spacial score (nSPS) is 18.9. The third-order valence-corrected chi connectivity index (χ3v) is 1.51. The smallest absolute Gasteiger partial charge is 0.335 e. The maximum absolute atomic E-state index is 10.1. The summed E-state index contributed by atoms with van der Waals surface area (Å²) in [5.74, 6) is -1.73. The van der Waals surface area contributed by atoms with Gasteiger partial charge in [0.25, 0.3) is 0 Å². The van der Waals surface area contributed by atoms with Gasteiger partial charge in [0.15, 0.2) is 6.10 Å². The molecule has 0 rings (SSSR count). The lowest BCUT2D eigenvalue weighted by molar-refractivity contribution is -0.164. The summed E-state index contributed by atoms with van der Waals surface area (Å²) in [7, 11) is 0. The average molecular weight is 214 g/mol. The average Bonchev–Trinajstić information content (AvgIpc) is 2.12. The Morgan fingerprint density at radius 1 is 1.07 bits per heavy atom. The van der Waals surface area contributed by atoms with Crippen molar-refractivity contribution in [2.24, 2.45) is 0 Å². The molecule has 0 heterocycles. The molecule has 8 N–H and O–H groups in total. The minimum absolute atomic E-state index is 0. The van der Waals surface area contributed by atoms with E-state index in [0.717, 1.165) is 0 Å². The number of carboxylic acid groups (broad SMARTS) is 1. The summed E-state index contributed by atoms with van der Waals surface area (Å²) in [6, 6.07) is 0. The van der Waals surface area contributed by atoms with Gasteiger partial charge in [0.05, 0.1) is 6.61 Å². The van der Waals surface area contributed by atoms with E-state index in [1.807, 2.05) is 0 Å². The molecule has 0 bridgehead atoms. The van der Waals surface area contributed by atoms with Gasteiger partial charge in [-0.1, -0.05) is 0 Å². The molecule has 0 unspecified atom stereocenters. The van der Waals surface area contributed by atoms with Gasteiger partial charge in [0, 0.05) is 0 Å². The van der Waals surface area contributed by atoms with Crippen molar-refractivity contribution in [3.63, 3.8) is 0 Å². The van der Waals surface area contributed by atoms with Crippen LogP contribution < -0.4 is 0 Å². The fourth-order valence-corrected chi connectivity index (χ4v) is 0.668. The summed E-state index contributed by atoms with van der Waals surface area (Å²) in [5, 5.41) is 51.8. The standard InChI is InChI=1S/C6H12O7.H2O/c7-1-2(8)3(9)4(10)5(11)6(12)13;/h2-5,7-11H,1H2,(H,12,13);1H2/t2-,3+,4-,5-;/m1./s1. The minimum Gasteiger partial charge on any atom is -0.479 e.